The number of hydrogen-bond acceptors (Lipinski definition) is 4. The van der Waals surface area contributed by atoms with Crippen LogP contribution in [0.25, 0.3) is 11.2 Å². The summed E-state index contributed by atoms with van der Waals surface area (Å²) >= 11 is 6.24. The minimum atomic E-state index is -1.42. The lowest BCUT2D eigenvalue weighted by Gasteiger charge is -2.35. The number of nitrogens with one attached hydrogen (secondary N) is 1. The normalized spacial score (nSPS) is 22.4. The maximum Gasteiger partial charge on any atom is 0.340 e. The Balaban J connectivity index is 1.54. The average molecular weight is 579 g/mol. The molecule has 3 aromatic heterocycles. The monoisotopic (exact) mass is 578 g/mol. The Morgan fingerprint density at radius 1 is 1.22 bits per heavy atom. The number of aromatic amines is 1. The van der Waals surface area contributed by atoms with Gasteiger partial charge < -0.3 is 15.8 Å². The third-order valence-corrected chi connectivity index (χ3v) is 9.39. The second kappa shape index (κ2) is 9.70. The SMILES string of the molecule is Cc1c(C2c3c([nH]c4c3CC[C@H](C(C)(C)O)C4)[C@@H](C(N)=O)CC2F)cccc1-n1c(=O)cc2c(Cl)cccn2c1=O. The number of amides is 1. The molecular formula is C31H32ClFN4O4. The summed E-state index contributed by atoms with van der Waals surface area (Å²) in [4.78, 5) is 42.6. The van der Waals surface area contributed by atoms with Crippen LogP contribution in [0.5, 0.6) is 0 Å². The molecule has 214 valence electrons. The van der Waals surface area contributed by atoms with Crippen LogP contribution in [0.2, 0.25) is 5.02 Å². The van der Waals surface area contributed by atoms with Crippen molar-refractivity contribution in [3.8, 4) is 5.69 Å². The number of halogens is 2. The van der Waals surface area contributed by atoms with Crippen LogP contribution in [0, 0.1) is 12.8 Å². The fraction of sp³-hybridized carbons (Fsp3) is 0.387. The van der Waals surface area contributed by atoms with Crippen molar-refractivity contribution in [3.05, 3.63) is 102 Å². The number of H-pyrrole nitrogens is 1. The molecule has 4 aromatic rings. The van der Waals surface area contributed by atoms with E-state index in [1.807, 2.05) is 6.07 Å². The fourth-order valence-corrected chi connectivity index (χ4v) is 7.10. The molecule has 3 heterocycles. The molecule has 0 saturated carbocycles. The van der Waals surface area contributed by atoms with Crippen LogP contribution in [0.3, 0.4) is 0 Å². The summed E-state index contributed by atoms with van der Waals surface area (Å²) in [5.74, 6) is -2.12. The predicted octanol–water partition coefficient (Wildman–Crippen LogP) is 4.06. The molecule has 2 aliphatic carbocycles. The van der Waals surface area contributed by atoms with Crippen molar-refractivity contribution < 1.29 is 14.3 Å². The number of aliphatic hydroxyl groups is 1. The number of alkyl halides is 1. The van der Waals surface area contributed by atoms with Crippen LogP contribution in [0.15, 0.2) is 52.2 Å². The lowest BCUT2D eigenvalue weighted by molar-refractivity contribution is -0.120. The Hall–Kier alpha value is -3.69. The van der Waals surface area contributed by atoms with E-state index in [0.717, 1.165) is 27.8 Å². The van der Waals surface area contributed by atoms with Gasteiger partial charge in [-0.1, -0.05) is 23.7 Å². The van der Waals surface area contributed by atoms with Gasteiger partial charge in [-0.2, -0.15) is 0 Å². The van der Waals surface area contributed by atoms with Gasteiger partial charge in [0.2, 0.25) is 5.91 Å². The highest BCUT2D eigenvalue weighted by atomic mass is 35.5. The predicted molar refractivity (Wildman–Crippen MR) is 155 cm³/mol. The summed E-state index contributed by atoms with van der Waals surface area (Å²) in [6.45, 7) is 5.36. The lowest BCUT2D eigenvalue weighted by atomic mass is 9.70. The zero-order chi connectivity index (χ0) is 29.4. The number of aromatic nitrogens is 3. The second-order valence-corrected chi connectivity index (χ2v) is 12.3. The Bertz CT molecular complexity index is 1830. The van der Waals surface area contributed by atoms with Crippen molar-refractivity contribution >= 4 is 23.0 Å². The highest BCUT2D eigenvalue weighted by Crippen LogP contribution is 2.49. The van der Waals surface area contributed by atoms with Crippen molar-refractivity contribution in [2.75, 3.05) is 0 Å². The van der Waals surface area contributed by atoms with Gasteiger partial charge in [-0.25, -0.2) is 13.8 Å². The maximum absolute atomic E-state index is 16.3. The Kier molecular flexibility index (Phi) is 6.50. The zero-order valence-corrected chi connectivity index (χ0v) is 23.8. The maximum atomic E-state index is 16.3. The van der Waals surface area contributed by atoms with Crippen molar-refractivity contribution in [1.82, 2.24) is 14.0 Å². The van der Waals surface area contributed by atoms with Crippen LogP contribution >= 0.6 is 11.6 Å². The number of primary amides is 1. The molecule has 10 heteroatoms. The first kappa shape index (κ1) is 27.5. The van der Waals surface area contributed by atoms with E-state index in [1.165, 1.54) is 10.5 Å². The molecule has 0 bridgehead atoms. The number of rotatable bonds is 4. The van der Waals surface area contributed by atoms with Gasteiger partial charge in [0, 0.05) is 29.6 Å². The van der Waals surface area contributed by atoms with E-state index in [4.69, 9.17) is 17.3 Å². The zero-order valence-electron chi connectivity index (χ0n) is 23.1. The summed E-state index contributed by atoms with van der Waals surface area (Å²) in [7, 11) is 0. The summed E-state index contributed by atoms with van der Waals surface area (Å²) < 4.78 is 18.6. The van der Waals surface area contributed by atoms with E-state index in [1.54, 1.807) is 51.2 Å². The van der Waals surface area contributed by atoms with Crippen molar-refractivity contribution in [3.63, 3.8) is 0 Å². The standard InChI is InChI=1S/C31H32ClFN4O4/c1-15-17(6-4-8-23(15)37-25(38)14-24-20(32)7-5-11-36(24)30(37)40)26-21(33)13-19(29(34)39)28-27(26)18-10-9-16(31(2,3)41)12-22(18)35-28/h4-8,11,14,16,19,21,26,35,41H,9-10,12-13H2,1-3H3,(H2,34,39)/t16-,19-,21?,26?/m0/s1. The molecule has 2 unspecified atom stereocenters. The number of nitrogens with zero attached hydrogens (tertiary/aromatic N) is 2. The van der Waals surface area contributed by atoms with Crippen LogP contribution in [0.1, 0.15) is 72.2 Å². The van der Waals surface area contributed by atoms with Gasteiger partial charge in [0.25, 0.3) is 5.56 Å². The minimum Gasteiger partial charge on any atom is -0.390 e. The first-order valence-corrected chi connectivity index (χ1v) is 14.2. The molecule has 41 heavy (non-hydrogen) atoms. The van der Waals surface area contributed by atoms with Gasteiger partial charge in [-0.3, -0.25) is 14.0 Å². The second-order valence-electron chi connectivity index (χ2n) is 11.9. The molecule has 0 spiro atoms. The van der Waals surface area contributed by atoms with Crippen LogP contribution in [-0.4, -0.2) is 36.7 Å². The van der Waals surface area contributed by atoms with Gasteiger partial charge in [0.05, 0.1) is 27.7 Å². The van der Waals surface area contributed by atoms with E-state index in [0.29, 0.717) is 40.9 Å². The topological polar surface area (TPSA) is 123 Å². The summed E-state index contributed by atoms with van der Waals surface area (Å²) in [6.07, 6.45) is 1.95. The number of nitrogens with two attached hydrogens (primary N) is 1. The molecule has 2 aliphatic rings. The largest absolute Gasteiger partial charge is 0.390 e. The molecule has 8 nitrogen and oxygen atoms in total. The smallest absolute Gasteiger partial charge is 0.340 e. The molecule has 0 fully saturated rings. The van der Waals surface area contributed by atoms with Crippen molar-refractivity contribution in [1.29, 1.82) is 0 Å². The third-order valence-electron chi connectivity index (χ3n) is 9.07. The number of fused-ring (bicyclic) bond motifs is 4. The molecule has 0 saturated heterocycles. The summed E-state index contributed by atoms with van der Waals surface area (Å²) in [5.41, 5.74) is 8.82. The molecule has 6 rings (SSSR count). The summed E-state index contributed by atoms with van der Waals surface area (Å²) in [6, 6.07) is 9.74. The Morgan fingerprint density at radius 2 is 1.98 bits per heavy atom. The van der Waals surface area contributed by atoms with E-state index in [9.17, 15) is 19.5 Å². The van der Waals surface area contributed by atoms with Gasteiger partial charge in [-0.15, -0.1) is 0 Å². The number of hydrogen-bond donors (Lipinski definition) is 3. The number of benzene rings is 1. The number of carbonyl (C=O) groups excluding carboxylic acids is 1. The fourth-order valence-electron chi connectivity index (χ4n) is 6.88. The molecule has 4 atom stereocenters. The van der Waals surface area contributed by atoms with Crippen molar-refractivity contribution in [2.45, 2.75) is 70.1 Å². The van der Waals surface area contributed by atoms with Gasteiger partial charge in [0.1, 0.15) is 6.17 Å². The molecule has 1 amide bonds. The highest BCUT2D eigenvalue weighted by Gasteiger charge is 2.44. The van der Waals surface area contributed by atoms with E-state index in [2.05, 4.69) is 4.98 Å². The number of carbonyl (C=O) groups is 1. The van der Waals surface area contributed by atoms with Gasteiger partial charge in [0.15, 0.2) is 0 Å². The summed E-state index contributed by atoms with van der Waals surface area (Å²) in [5, 5.41) is 11.0. The van der Waals surface area contributed by atoms with Crippen LogP contribution < -0.4 is 17.0 Å². The average Bonchev–Trinajstić information content (AvgIpc) is 3.28. The van der Waals surface area contributed by atoms with E-state index >= 15 is 4.39 Å². The first-order chi connectivity index (χ1) is 19.4. The van der Waals surface area contributed by atoms with Gasteiger partial charge >= 0.3 is 5.69 Å². The Labute approximate surface area is 240 Å². The molecule has 1 aromatic carbocycles. The minimum absolute atomic E-state index is 0.00748. The Morgan fingerprint density at radius 3 is 2.68 bits per heavy atom. The van der Waals surface area contributed by atoms with E-state index < -0.39 is 40.8 Å². The lowest BCUT2D eigenvalue weighted by Crippen LogP contribution is -2.37. The van der Waals surface area contributed by atoms with E-state index in [-0.39, 0.29) is 17.4 Å². The molecule has 0 aliphatic heterocycles. The third kappa shape index (κ3) is 4.33. The molecule has 0 radical (unpaired) electrons. The van der Waals surface area contributed by atoms with Crippen molar-refractivity contribution in [2.24, 2.45) is 11.7 Å². The van der Waals surface area contributed by atoms with Gasteiger partial charge in [-0.05, 0) is 92.8 Å². The number of pyridine rings is 1. The van der Waals surface area contributed by atoms with Crippen LogP contribution in [-0.2, 0) is 17.6 Å². The first-order valence-electron chi connectivity index (χ1n) is 13.8. The van der Waals surface area contributed by atoms with Crippen LogP contribution in [0.4, 0.5) is 4.39 Å². The molecule has 4 N–H and O–H groups in total. The molecular weight excluding hydrogens is 547 g/mol. The quantitative estimate of drug-likeness (QED) is 0.338. The highest BCUT2D eigenvalue weighted by molar-refractivity contribution is 6.33.